The molecule has 17 heavy (non-hydrogen) atoms. The molecule has 0 aromatic carbocycles. The second kappa shape index (κ2) is 10.8. The van der Waals surface area contributed by atoms with Crippen LogP contribution in [0, 0.1) is 0 Å². The zero-order valence-corrected chi connectivity index (χ0v) is 12.2. The van der Waals surface area contributed by atoms with Gasteiger partial charge in [-0.05, 0) is 33.1 Å². The van der Waals surface area contributed by atoms with Crippen LogP contribution in [0.5, 0.6) is 0 Å². The molecule has 0 spiro atoms. The van der Waals surface area contributed by atoms with Crippen molar-refractivity contribution >= 4 is 6.29 Å². The molecule has 0 aromatic rings. The van der Waals surface area contributed by atoms with Gasteiger partial charge in [0.25, 0.3) is 0 Å². The van der Waals surface area contributed by atoms with E-state index >= 15 is 0 Å². The van der Waals surface area contributed by atoms with Crippen molar-refractivity contribution in [2.45, 2.75) is 65.2 Å². The maximum absolute atomic E-state index is 10.1. The summed E-state index contributed by atoms with van der Waals surface area (Å²) < 4.78 is 1.22. The lowest BCUT2D eigenvalue weighted by Gasteiger charge is -2.32. The molecule has 0 aliphatic rings. The Kier molecular flexibility index (Phi) is 10.5. The predicted molar refractivity (Wildman–Crippen MR) is 75.1 cm³/mol. The third-order valence-electron chi connectivity index (χ3n) is 4.05. The third-order valence-corrected chi connectivity index (χ3v) is 4.05. The second-order valence-electron chi connectivity index (χ2n) is 5.41. The average Bonchev–Trinajstić information content (AvgIpc) is 2.36. The van der Waals surface area contributed by atoms with Crippen molar-refractivity contribution in [3.8, 4) is 0 Å². The number of hydrogen-bond donors (Lipinski definition) is 0. The molecule has 0 aliphatic heterocycles. The van der Waals surface area contributed by atoms with Crippen molar-refractivity contribution in [3.63, 3.8) is 0 Å². The number of aldehydes is 1. The summed E-state index contributed by atoms with van der Waals surface area (Å²) in [5.41, 5.74) is 0. The Morgan fingerprint density at radius 3 is 1.76 bits per heavy atom. The van der Waals surface area contributed by atoms with Crippen LogP contribution in [0.15, 0.2) is 0 Å². The molecule has 0 aliphatic carbocycles. The van der Waals surface area contributed by atoms with Crippen molar-refractivity contribution < 1.29 is 9.28 Å². The highest BCUT2D eigenvalue weighted by atomic mass is 16.1. The summed E-state index contributed by atoms with van der Waals surface area (Å²) in [5, 5.41) is 0. The van der Waals surface area contributed by atoms with E-state index in [2.05, 4.69) is 20.9 Å². The quantitative estimate of drug-likeness (QED) is 0.289. The Bertz CT molecular complexity index is 176. The molecule has 0 unspecified atom stereocenters. The Morgan fingerprint density at radius 2 is 1.29 bits per heavy atom. The van der Waals surface area contributed by atoms with Gasteiger partial charge in [0.05, 0.1) is 26.7 Å². The zero-order valence-electron chi connectivity index (χ0n) is 12.2. The first-order chi connectivity index (χ1) is 8.18. The highest BCUT2D eigenvalue weighted by Gasteiger charge is 2.14. The van der Waals surface area contributed by atoms with Gasteiger partial charge in [0.15, 0.2) is 0 Å². The van der Waals surface area contributed by atoms with Crippen molar-refractivity contribution in [1.82, 2.24) is 0 Å². The molecule has 0 heterocycles. The molecule has 0 saturated heterocycles. The number of quaternary nitrogens is 1. The minimum absolute atomic E-state index is 0.753. The number of carbonyl (C=O) groups is 1. The van der Waals surface area contributed by atoms with E-state index in [1.807, 2.05) is 0 Å². The second-order valence-corrected chi connectivity index (χ2v) is 5.41. The maximum atomic E-state index is 10.1. The SMILES string of the molecule is CC[N+](C)(CC)CCCCCCCCCC=O. The first-order valence-electron chi connectivity index (χ1n) is 7.45. The summed E-state index contributed by atoms with van der Waals surface area (Å²) in [7, 11) is 2.36. The van der Waals surface area contributed by atoms with E-state index in [1.165, 1.54) is 62.6 Å². The predicted octanol–water partition coefficient (Wildman–Crippen LogP) is 3.79. The Labute approximate surface area is 108 Å². The lowest BCUT2D eigenvalue weighted by molar-refractivity contribution is -0.906. The summed E-state index contributed by atoms with van der Waals surface area (Å²) in [6.45, 7) is 8.41. The molecule has 2 nitrogen and oxygen atoms in total. The Morgan fingerprint density at radius 1 is 0.824 bits per heavy atom. The van der Waals surface area contributed by atoms with E-state index in [-0.39, 0.29) is 0 Å². The highest BCUT2D eigenvalue weighted by molar-refractivity contribution is 5.48. The smallest absolute Gasteiger partial charge is 0.119 e. The molecule has 0 radical (unpaired) electrons. The molecule has 0 fully saturated rings. The van der Waals surface area contributed by atoms with E-state index in [0.717, 1.165) is 19.1 Å². The van der Waals surface area contributed by atoms with E-state index in [0.29, 0.717) is 0 Å². The van der Waals surface area contributed by atoms with Gasteiger partial charge in [0.2, 0.25) is 0 Å². The van der Waals surface area contributed by atoms with E-state index < -0.39 is 0 Å². The van der Waals surface area contributed by atoms with Crippen molar-refractivity contribution in [3.05, 3.63) is 0 Å². The molecule has 0 aromatic heterocycles. The van der Waals surface area contributed by atoms with Gasteiger partial charge >= 0.3 is 0 Å². The maximum Gasteiger partial charge on any atom is 0.119 e. The summed E-state index contributed by atoms with van der Waals surface area (Å²) in [6, 6.07) is 0. The van der Waals surface area contributed by atoms with Crippen LogP contribution in [0.2, 0.25) is 0 Å². The first-order valence-corrected chi connectivity index (χ1v) is 7.45. The standard InChI is InChI=1S/C15H32NO/c1-4-16(3,5-2)14-12-10-8-6-7-9-11-13-15-17/h15H,4-14H2,1-3H3/q+1. The van der Waals surface area contributed by atoms with Gasteiger partial charge in [0, 0.05) is 6.42 Å². The molecular weight excluding hydrogens is 210 g/mol. The number of unbranched alkanes of at least 4 members (excludes halogenated alkanes) is 7. The normalized spacial score (nSPS) is 11.7. The van der Waals surface area contributed by atoms with Crippen LogP contribution in [-0.4, -0.2) is 37.5 Å². The topological polar surface area (TPSA) is 17.1 Å². The van der Waals surface area contributed by atoms with Crippen LogP contribution < -0.4 is 0 Å². The molecule has 0 amide bonds. The molecule has 0 N–H and O–H groups in total. The average molecular weight is 242 g/mol. The Balaban J connectivity index is 3.26. The van der Waals surface area contributed by atoms with E-state index in [4.69, 9.17) is 0 Å². The van der Waals surface area contributed by atoms with Crippen LogP contribution in [0.4, 0.5) is 0 Å². The van der Waals surface area contributed by atoms with Crippen LogP contribution in [0.1, 0.15) is 65.2 Å². The third kappa shape index (κ3) is 9.34. The molecule has 2 heteroatoms. The van der Waals surface area contributed by atoms with Crippen LogP contribution >= 0.6 is 0 Å². The van der Waals surface area contributed by atoms with Gasteiger partial charge in [-0.15, -0.1) is 0 Å². The van der Waals surface area contributed by atoms with E-state index in [9.17, 15) is 4.79 Å². The van der Waals surface area contributed by atoms with Crippen LogP contribution in [0.3, 0.4) is 0 Å². The molecule has 0 rings (SSSR count). The largest absolute Gasteiger partial charge is 0.327 e. The molecular formula is C15H32NO+. The fourth-order valence-electron chi connectivity index (χ4n) is 2.14. The van der Waals surface area contributed by atoms with Gasteiger partial charge < -0.3 is 9.28 Å². The monoisotopic (exact) mass is 242 g/mol. The fraction of sp³-hybridized carbons (Fsp3) is 0.933. The van der Waals surface area contributed by atoms with Gasteiger partial charge in [-0.25, -0.2) is 0 Å². The zero-order chi connectivity index (χ0) is 13.0. The molecule has 102 valence electrons. The number of rotatable bonds is 12. The van der Waals surface area contributed by atoms with Crippen LogP contribution in [0.25, 0.3) is 0 Å². The van der Waals surface area contributed by atoms with Gasteiger partial charge in [-0.3, -0.25) is 0 Å². The van der Waals surface area contributed by atoms with Crippen molar-refractivity contribution in [2.24, 2.45) is 0 Å². The summed E-state index contributed by atoms with van der Waals surface area (Å²) in [4.78, 5) is 10.1. The summed E-state index contributed by atoms with van der Waals surface area (Å²) in [5.74, 6) is 0. The van der Waals surface area contributed by atoms with Gasteiger partial charge in [-0.1, -0.05) is 25.7 Å². The lowest BCUT2D eigenvalue weighted by atomic mass is 10.1. The lowest BCUT2D eigenvalue weighted by Crippen LogP contribution is -2.44. The molecule has 0 atom stereocenters. The minimum Gasteiger partial charge on any atom is -0.327 e. The fourth-order valence-corrected chi connectivity index (χ4v) is 2.14. The van der Waals surface area contributed by atoms with Gasteiger partial charge in [-0.2, -0.15) is 0 Å². The number of hydrogen-bond acceptors (Lipinski definition) is 1. The summed E-state index contributed by atoms with van der Waals surface area (Å²) in [6.07, 6.45) is 10.9. The minimum atomic E-state index is 0.753. The first kappa shape index (κ1) is 16.6. The van der Waals surface area contributed by atoms with Crippen LogP contribution in [-0.2, 0) is 4.79 Å². The molecule has 0 bridgehead atoms. The van der Waals surface area contributed by atoms with Crippen molar-refractivity contribution in [2.75, 3.05) is 26.7 Å². The van der Waals surface area contributed by atoms with Crippen molar-refractivity contribution in [1.29, 1.82) is 0 Å². The molecule has 0 saturated carbocycles. The highest BCUT2D eigenvalue weighted by Crippen LogP contribution is 2.10. The number of nitrogens with zero attached hydrogens (tertiary/aromatic N) is 1. The van der Waals surface area contributed by atoms with Gasteiger partial charge in [0.1, 0.15) is 6.29 Å². The number of carbonyl (C=O) groups excluding carboxylic acids is 1. The van der Waals surface area contributed by atoms with E-state index in [1.54, 1.807) is 0 Å². The summed E-state index contributed by atoms with van der Waals surface area (Å²) >= 11 is 0. The Hall–Kier alpha value is -0.370.